The molecule has 0 rings (SSSR count). The molecule has 0 aliphatic carbocycles. The van der Waals surface area contributed by atoms with Gasteiger partial charge in [-0.15, -0.1) is 0 Å². The summed E-state index contributed by atoms with van der Waals surface area (Å²) in [6.07, 6.45) is 0. The van der Waals surface area contributed by atoms with Crippen LogP contribution in [0.25, 0.3) is 0 Å². The van der Waals surface area contributed by atoms with Crippen LogP contribution in [0.4, 0.5) is 0 Å². The van der Waals surface area contributed by atoms with Crippen molar-refractivity contribution >= 4 is 5.96 Å². The summed E-state index contributed by atoms with van der Waals surface area (Å²) in [5.41, 5.74) is 5.02. The number of rotatable bonds is 1. The van der Waals surface area contributed by atoms with Crippen molar-refractivity contribution in [3.05, 3.63) is 6.54 Å². The maximum atomic E-state index is 6.77. The molecule has 0 aliphatic rings. The van der Waals surface area contributed by atoms with Gasteiger partial charge < -0.3 is 10.6 Å². The molecule has 0 saturated carbocycles. The van der Waals surface area contributed by atoms with Gasteiger partial charge in [0.1, 0.15) is 0 Å². The Labute approximate surface area is 43.6 Å². The monoisotopic (exact) mass is 100 g/mol. The Kier molecular flexibility index (Phi) is 2.19. The molecule has 0 saturated heterocycles. The Hall–Kier alpha value is -0.730. The molecule has 0 aromatic carbocycles. The first-order valence-corrected chi connectivity index (χ1v) is 2.05. The summed E-state index contributed by atoms with van der Waals surface area (Å²) in [4.78, 5) is 1.53. The van der Waals surface area contributed by atoms with Crippen LogP contribution >= 0.6 is 0 Å². The molecule has 3 N–H and O–H groups in total. The third kappa shape index (κ3) is 2.03. The van der Waals surface area contributed by atoms with E-state index in [1.807, 2.05) is 6.92 Å². The molecular formula is C4H10N3. The second-order valence-corrected chi connectivity index (χ2v) is 1.25. The van der Waals surface area contributed by atoms with Crippen LogP contribution in [-0.2, 0) is 0 Å². The summed E-state index contributed by atoms with van der Waals surface area (Å²) >= 11 is 0. The molecule has 41 valence electrons. The smallest absolute Gasteiger partial charge is 0.188 e. The van der Waals surface area contributed by atoms with Crippen molar-refractivity contribution in [2.24, 2.45) is 5.73 Å². The van der Waals surface area contributed by atoms with Gasteiger partial charge in [-0.05, 0) is 6.92 Å². The van der Waals surface area contributed by atoms with Gasteiger partial charge in [-0.2, -0.15) is 0 Å². The normalized spacial score (nSPS) is 8.29. The van der Waals surface area contributed by atoms with E-state index >= 15 is 0 Å². The van der Waals surface area contributed by atoms with Crippen LogP contribution in [0.1, 0.15) is 6.92 Å². The van der Waals surface area contributed by atoms with Gasteiger partial charge in [-0.25, -0.2) is 0 Å². The van der Waals surface area contributed by atoms with Crippen LogP contribution in [-0.4, -0.2) is 17.9 Å². The second kappa shape index (κ2) is 2.44. The number of hydrogen-bond donors (Lipinski definition) is 2. The van der Waals surface area contributed by atoms with Crippen molar-refractivity contribution in [3.63, 3.8) is 0 Å². The van der Waals surface area contributed by atoms with E-state index in [9.17, 15) is 0 Å². The number of hydrogen-bond acceptors (Lipinski definition) is 1. The summed E-state index contributed by atoms with van der Waals surface area (Å²) in [5, 5.41) is 6.77. The van der Waals surface area contributed by atoms with E-state index in [1.54, 1.807) is 13.6 Å². The predicted octanol–water partition coefficient (Wildman–Crippen LogP) is -0.00664. The van der Waals surface area contributed by atoms with Crippen molar-refractivity contribution in [2.45, 2.75) is 6.92 Å². The molecule has 0 aromatic rings. The van der Waals surface area contributed by atoms with E-state index in [-0.39, 0.29) is 5.96 Å². The molecule has 0 bridgehead atoms. The lowest BCUT2D eigenvalue weighted by Crippen LogP contribution is -2.29. The Morgan fingerprint density at radius 1 is 1.86 bits per heavy atom. The summed E-state index contributed by atoms with van der Waals surface area (Å²) in [5.74, 6) is 0.0718. The highest BCUT2D eigenvalue weighted by atomic mass is 15.2. The Morgan fingerprint density at radius 3 is 2.29 bits per heavy atom. The molecule has 0 heterocycles. The standard InChI is InChI=1S/C4H10N3/c1-3-7(2)4(5)6/h3H,1-2H3,(H3,5,6). The van der Waals surface area contributed by atoms with Gasteiger partial charge in [0.15, 0.2) is 5.96 Å². The van der Waals surface area contributed by atoms with Crippen molar-refractivity contribution < 1.29 is 0 Å². The van der Waals surface area contributed by atoms with Crippen LogP contribution in [0.15, 0.2) is 0 Å². The summed E-state index contributed by atoms with van der Waals surface area (Å²) < 4.78 is 0. The lowest BCUT2D eigenvalue weighted by atomic mass is 10.6. The molecule has 0 amide bonds. The highest BCUT2D eigenvalue weighted by molar-refractivity contribution is 5.74. The Bertz CT molecular complexity index is 69.3. The molecule has 0 spiro atoms. The van der Waals surface area contributed by atoms with Gasteiger partial charge in [0.05, 0.1) is 0 Å². The highest BCUT2D eigenvalue weighted by Gasteiger charge is 1.90. The van der Waals surface area contributed by atoms with Crippen molar-refractivity contribution in [1.82, 2.24) is 4.90 Å². The minimum absolute atomic E-state index is 0.0718. The molecule has 0 unspecified atom stereocenters. The van der Waals surface area contributed by atoms with Crippen LogP contribution < -0.4 is 5.73 Å². The topological polar surface area (TPSA) is 53.1 Å². The third-order valence-electron chi connectivity index (χ3n) is 0.767. The summed E-state index contributed by atoms with van der Waals surface area (Å²) in [6.45, 7) is 3.55. The van der Waals surface area contributed by atoms with Crippen LogP contribution in [0.3, 0.4) is 0 Å². The van der Waals surface area contributed by atoms with E-state index in [1.165, 1.54) is 4.90 Å². The minimum atomic E-state index is 0.0718. The largest absolute Gasteiger partial charge is 0.370 e. The van der Waals surface area contributed by atoms with E-state index < -0.39 is 0 Å². The fourth-order valence-corrected chi connectivity index (χ4v) is 0.139. The van der Waals surface area contributed by atoms with Gasteiger partial charge in [-0.3, -0.25) is 5.41 Å². The third-order valence-corrected chi connectivity index (χ3v) is 0.767. The van der Waals surface area contributed by atoms with E-state index in [0.717, 1.165) is 0 Å². The fraction of sp³-hybridized carbons (Fsp3) is 0.500. The first-order valence-electron chi connectivity index (χ1n) is 2.05. The van der Waals surface area contributed by atoms with Gasteiger partial charge in [0.25, 0.3) is 0 Å². The van der Waals surface area contributed by atoms with Crippen LogP contribution in [0.5, 0.6) is 0 Å². The van der Waals surface area contributed by atoms with Gasteiger partial charge in [0, 0.05) is 13.6 Å². The number of nitrogens with two attached hydrogens (primary N) is 1. The molecule has 1 radical (unpaired) electrons. The number of nitrogens with one attached hydrogen (secondary N) is 1. The number of guanidine groups is 1. The lowest BCUT2D eigenvalue weighted by Gasteiger charge is -2.10. The van der Waals surface area contributed by atoms with E-state index in [0.29, 0.717) is 0 Å². The fourth-order valence-electron chi connectivity index (χ4n) is 0.139. The zero-order chi connectivity index (χ0) is 5.86. The maximum absolute atomic E-state index is 6.77. The molecule has 0 aromatic heterocycles. The van der Waals surface area contributed by atoms with E-state index in [2.05, 4.69) is 0 Å². The van der Waals surface area contributed by atoms with Gasteiger partial charge >= 0.3 is 0 Å². The van der Waals surface area contributed by atoms with Crippen LogP contribution in [0, 0.1) is 12.0 Å². The molecule has 3 nitrogen and oxygen atoms in total. The minimum Gasteiger partial charge on any atom is -0.370 e. The van der Waals surface area contributed by atoms with Gasteiger partial charge in [-0.1, -0.05) is 0 Å². The molecular weight excluding hydrogens is 90.1 g/mol. The molecule has 7 heavy (non-hydrogen) atoms. The van der Waals surface area contributed by atoms with Crippen LogP contribution in [0.2, 0.25) is 0 Å². The molecule has 0 fully saturated rings. The molecule has 0 aliphatic heterocycles. The predicted molar refractivity (Wildman–Crippen MR) is 29.7 cm³/mol. The Balaban J connectivity index is 3.34. The zero-order valence-corrected chi connectivity index (χ0v) is 4.60. The quantitative estimate of drug-likeness (QED) is 0.360. The first kappa shape index (κ1) is 6.27. The SMILES string of the molecule is C[CH]N(C)C(=N)N. The summed E-state index contributed by atoms with van der Waals surface area (Å²) in [7, 11) is 1.72. The molecule has 3 heteroatoms. The summed E-state index contributed by atoms with van der Waals surface area (Å²) in [6, 6.07) is 0. The average Bonchev–Trinajstić information content (AvgIpc) is 1.65. The van der Waals surface area contributed by atoms with Gasteiger partial charge in [0.2, 0.25) is 0 Å². The lowest BCUT2D eigenvalue weighted by molar-refractivity contribution is 0.604. The zero-order valence-electron chi connectivity index (χ0n) is 4.60. The van der Waals surface area contributed by atoms with E-state index in [4.69, 9.17) is 11.1 Å². The highest BCUT2D eigenvalue weighted by Crippen LogP contribution is 1.79. The average molecular weight is 100 g/mol. The van der Waals surface area contributed by atoms with Crippen molar-refractivity contribution in [1.29, 1.82) is 5.41 Å². The van der Waals surface area contributed by atoms with Crippen molar-refractivity contribution in [2.75, 3.05) is 7.05 Å². The first-order chi connectivity index (χ1) is 3.18. The second-order valence-electron chi connectivity index (χ2n) is 1.25. The Morgan fingerprint density at radius 2 is 2.29 bits per heavy atom. The van der Waals surface area contributed by atoms with Crippen molar-refractivity contribution in [3.8, 4) is 0 Å². The molecule has 0 atom stereocenters. The maximum Gasteiger partial charge on any atom is 0.188 e. The number of nitrogens with zero attached hydrogens (tertiary/aromatic N) is 1.